The second kappa shape index (κ2) is 6.65. The van der Waals surface area contributed by atoms with E-state index in [9.17, 15) is 44.7 Å². The van der Waals surface area contributed by atoms with Gasteiger partial charge in [0.05, 0.1) is 28.7 Å². The van der Waals surface area contributed by atoms with Gasteiger partial charge in [0.15, 0.2) is 17.2 Å². The minimum absolute atomic E-state index is 0.154. The third-order valence-corrected chi connectivity index (χ3v) is 6.38. The highest BCUT2D eigenvalue weighted by Crippen LogP contribution is 2.52. The van der Waals surface area contributed by atoms with Crippen LogP contribution < -0.4 is 10.6 Å². The first kappa shape index (κ1) is 21.5. The van der Waals surface area contributed by atoms with Gasteiger partial charge in [0, 0.05) is 32.1 Å². The number of nitrogens with zero attached hydrogens (tertiary/aromatic N) is 1. The number of amides is 1. The van der Waals surface area contributed by atoms with Crippen LogP contribution in [0.1, 0.15) is 22.3 Å². The summed E-state index contributed by atoms with van der Waals surface area (Å²) in [6.07, 6.45) is -2.65. The molecule has 1 saturated carbocycles. The number of aliphatic hydroxyl groups is 4. The summed E-state index contributed by atoms with van der Waals surface area (Å²) in [6, 6.07) is 2.61. The Bertz CT molecular complexity index is 1200. The van der Waals surface area contributed by atoms with Crippen molar-refractivity contribution in [2.24, 2.45) is 17.6 Å². The third-order valence-electron chi connectivity index (χ3n) is 6.38. The molecule has 1 aromatic carbocycles. The van der Waals surface area contributed by atoms with Gasteiger partial charge in [0.1, 0.15) is 22.8 Å². The summed E-state index contributed by atoms with van der Waals surface area (Å²) < 4.78 is 0. The highest BCUT2D eigenvalue weighted by Gasteiger charge is 2.65. The van der Waals surface area contributed by atoms with Crippen LogP contribution in [0, 0.1) is 11.8 Å². The number of primary amides is 1. The van der Waals surface area contributed by atoms with Gasteiger partial charge in [-0.3, -0.25) is 19.2 Å². The van der Waals surface area contributed by atoms with Crippen molar-refractivity contribution in [3.8, 4) is 5.75 Å². The molecule has 0 radical (unpaired) electrons. The van der Waals surface area contributed by atoms with Crippen molar-refractivity contribution in [3.05, 3.63) is 40.2 Å². The number of phenolic OH excluding ortho intramolecular Hbond substituents is 1. The van der Waals surface area contributed by atoms with Crippen LogP contribution in [0.5, 0.6) is 5.75 Å². The van der Waals surface area contributed by atoms with Gasteiger partial charge in [-0.05, 0) is 12.1 Å². The van der Waals surface area contributed by atoms with Gasteiger partial charge in [-0.2, -0.15) is 0 Å². The Morgan fingerprint density at radius 1 is 1.12 bits per heavy atom. The summed E-state index contributed by atoms with van der Waals surface area (Å²) in [5.41, 5.74) is 0.133. The average Bonchev–Trinajstić information content (AvgIpc) is 2.70. The van der Waals surface area contributed by atoms with E-state index in [-0.39, 0.29) is 16.8 Å². The standard InChI is InChI=1S/C21H20N2O9/c1-23(2)7-3-4-8(24)11-10(7)16(27)13-14(17(11)28)19(30)21(32)6(15(13)26)5-9(25)12(18(21)29)20(22)31/h3-4,6,13,15,24,26,28-29,32H,5H2,1-2H3,(H2,22,31)/t6-,13-,15-,21-/m1/s1. The lowest BCUT2D eigenvalue weighted by Gasteiger charge is -2.48. The second-order valence-electron chi connectivity index (χ2n) is 8.26. The highest BCUT2D eigenvalue weighted by atomic mass is 16.4. The number of rotatable bonds is 2. The fourth-order valence-electron chi connectivity index (χ4n) is 4.87. The number of benzene rings is 1. The molecule has 7 N–H and O–H groups in total. The molecular formula is C21H20N2O9. The summed E-state index contributed by atoms with van der Waals surface area (Å²) in [5.74, 6) is -10.7. The van der Waals surface area contributed by atoms with E-state index >= 15 is 0 Å². The number of ketones is 3. The molecule has 0 aliphatic heterocycles. The minimum atomic E-state index is -2.98. The number of hydrogen-bond donors (Lipinski definition) is 6. The maximum atomic E-state index is 13.4. The number of phenols is 1. The largest absolute Gasteiger partial charge is 0.508 e. The monoisotopic (exact) mass is 444 g/mol. The molecule has 0 heterocycles. The first-order valence-electron chi connectivity index (χ1n) is 9.58. The SMILES string of the molecule is CN(C)c1ccc(O)c2c1C(=O)[C@@H]1C(=C2O)C(=O)[C@]2(O)C(O)=C(C(N)=O)C(=O)C[C@@H]2[C@H]1O. The van der Waals surface area contributed by atoms with Crippen molar-refractivity contribution in [3.63, 3.8) is 0 Å². The van der Waals surface area contributed by atoms with Crippen LogP contribution in [-0.4, -0.2) is 74.6 Å². The molecule has 168 valence electrons. The number of carbonyl (C=O) groups is 4. The van der Waals surface area contributed by atoms with E-state index in [4.69, 9.17) is 5.73 Å². The number of Topliss-reactive ketones (excluding diaryl/α,β-unsaturated/α-hetero) is 3. The summed E-state index contributed by atoms with van der Waals surface area (Å²) in [6.45, 7) is 0. The summed E-state index contributed by atoms with van der Waals surface area (Å²) in [7, 11) is 3.21. The Hall–Kier alpha value is -3.70. The lowest BCUT2D eigenvalue weighted by Crippen LogP contribution is -2.64. The molecule has 4 rings (SSSR count). The number of aromatic hydroxyl groups is 1. The van der Waals surface area contributed by atoms with Crippen molar-refractivity contribution in [1.82, 2.24) is 0 Å². The van der Waals surface area contributed by atoms with E-state index in [0.29, 0.717) is 0 Å². The molecule has 11 heteroatoms. The predicted molar refractivity (Wildman–Crippen MR) is 108 cm³/mol. The van der Waals surface area contributed by atoms with Gasteiger partial charge in [0.2, 0.25) is 5.78 Å². The number of nitrogens with two attached hydrogens (primary N) is 1. The zero-order valence-electron chi connectivity index (χ0n) is 17.0. The Morgan fingerprint density at radius 2 is 1.75 bits per heavy atom. The molecule has 1 amide bonds. The molecule has 1 aromatic rings. The van der Waals surface area contributed by atoms with Gasteiger partial charge >= 0.3 is 0 Å². The van der Waals surface area contributed by atoms with Gasteiger partial charge in [0.25, 0.3) is 5.91 Å². The quantitative estimate of drug-likeness (QED) is 0.311. The molecule has 3 aliphatic carbocycles. The maximum Gasteiger partial charge on any atom is 0.255 e. The van der Waals surface area contributed by atoms with Crippen LogP contribution in [0.25, 0.3) is 5.76 Å². The molecule has 0 aromatic heterocycles. The predicted octanol–water partition coefficient (Wildman–Crippen LogP) is -0.899. The van der Waals surface area contributed by atoms with Crippen molar-refractivity contribution in [2.75, 3.05) is 19.0 Å². The number of fused-ring (bicyclic) bond motifs is 3. The Morgan fingerprint density at radius 3 is 2.31 bits per heavy atom. The van der Waals surface area contributed by atoms with E-state index in [1.54, 1.807) is 14.1 Å². The fourth-order valence-corrected chi connectivity index (χ4v) is 4.87. The highest BCUT2D eigenvalue weighted by molar-refractivity contribution is 6.25. The topological polar surface area (TPSA) is 199 Å². The molecule has 0 bridgehead atoms. The molecule has 32 heavy (non-hydrogen) atoms. The zero-order valence-corrected chi connectivity index (χ0v) is 17.0. The smallest absolute Gasteiger partial charge is 0.255 e. The van der Waals surface area contributed by atoms with E-state index in [2.05, 4.69) is 0 Å². The minimum Gasteiger partial charge on any atom is -0.508 e. The van der Waals surface area contributed by atoms with Crippen LogP contribution in [-0.2, 0) is 14.4 Å². The number of aliphatic hydroxyl groups excluding tert-OH is 3. The summed E-state index contributed by atoms with van der Waals surface area (Å²) in [4.78, 5) is 52.3. The van der Waals surface area contributed by atoms with Crippen LogP contribution in [0.2, 0.25) is 0 Å². The van der Waals surface area contributed by atoms with E-state index in [1.165, 1.54) is 17.0 Å². The van der Waals surface area contributed by atoms with Crippen molar-refractivity contribution in [1.29, 1.82) is 0 Å². The molecule has 0 unspecified atom stereocenters. The fraction of sp³-hybridized carbons (Fsp3) is 0.333. The Labute approximate surface area is 180 Å². The third kappa shape index (κ3) is 2.43. The average molecular weight is 444 g/mol. The van der Waals surface area contributed by atoms with Crippen LogP contribution in [0.4, 0.5) is 5.69 Å². The van der Waals surface area contributed by atoms with Gasteiger partial charge < -0.3 is 36.2 Å². The molecular weight excluding hydrogens is 424 g/mol. The lowest BCUT2D eigenvalue weighted by atomic mass is 9.57. The van der Waals surface area contributed by atoms with Gasteiger partial charge in [-0.25, -0.2) is 0 Å². The number of hydrogen-bond acceptors (Lipinski definition) is 10. The normalized spacial score (nSPS) is 29.5. The van der Waals surface area contributed by atoms with E-state index in [0.717, 1.165) is 0 Å². The Kier molecular flexibility index (Phi) is 4.47. The second-order valence-corrected chi connectivity index (χ2v) is 8.26. The van der Waals surface area contributed by atoms with Gasteiger partial charge in [-0.1, -0.05) is 0 Å². The molecule has 4 atom stereocenters. The molecule has 3 aliphatic rings. The number of anilines is 1. The molecule has 11 nitrogen and oxygen atoms in total. The summed E-state index contributed by atoms with van der Waals surface area (Å²) in [5, 5.41) is 53.9. The summed E-state index contributed by atoms with van der Waals surface area (Å²) >= 11 is 0. The zero-order chi connectivity index (χ0) is 23.9. The van der Waals surface area contributed by atoms with Crippen LogP contribution in [0.3, 0.4) is 0 Å². The van der Waals surface area contributed by atoms with Crippen LogP contribution in [0.15, 0.2) is 29.0 Å². The maximum absolute atomic E-state index is 13.4. The van der Waals surface area contributed by atoms with E-state index < -0.39 is 81.6 Å². The van der Waals surface area contributed by atoms with Crippen molar-refractivity contribution >= 4 is 34.7 Å². The van der Waals surface area contributed by atoms with Crippen molar-refractivity contribution in [2.45, 2.75) is 18.1 Å². The number of carbonyl (C=O) groups excluding carboxylic acids is 4. The molecule has 0 spiro atoms. The first-order valence-corrected chi connectivity index (χ1v) is 9.58. The molecule has 1 fully saturated rings. The van der Waals surface area contributed by atoms with Crippen molar-refractivity contribution < 1.29 is 44.7 Å². The molecule has 0 saturated heterocycles. The van der Waals surface area contributed by atoms with Gasteiger partial charge in [-0.15, -0.1) is 0 Å². The Balaban J connectivity index is 2.05. The van der Waals surface area contributed by atoms with E-state index in [1.807, 2.05) is 0 Å². The van der Waals surface area contributed by atoms with Crippen LogP contribution >= 0.6 is 0 Å². The lowest BCUT2D eigenvalue weighted by molar-refractivity contribution is -0.158. The first-order chi connectivity index (χ1) is 14.8.